The minimum Gasteiger partial charge on any atom is -0.479 e. The Morgan fingerprint density at radius 3 is 2.61 bits per heavy atom. The van der Waals surface area contributed by atoms with Gasteiger partial charge in [-0.3, -0.25) is 24.7 Å². The van der Waals surface area contributed by atoms with Crippen LogP contribution in [-0.2, 0) is 9.59 Å². The number of hydrazine groups is 1. The molecule has 1 unspecified atom stereocenters. The molecule has 8 heteroatoms. The van der Waals surface area contributed by atoms with E-state index in [2.05, 4.69) is 10.3 Å². The second-order valence-electron chi connectivity index (χ2n) is 7.37. The number of Topliss-reactive ketones (excluding diaryl/α,β-unsaturated/α-hetero) is 1. The van der Waals surface area contributed by atoms with Gasteiger partial charge in [-0.2, -0.15) is 0 Å². The number of piperazine rings is 1. The van der Waals surface area contributed by atoms with Crippen LogP contribution in [0.2, 0.25) is 0 Å². The number of amides is 2. The number of hydrogen-bond donors (Lipinski definition) is 1. The van der Waals surface area contributed by atoms with Crippen LogP contribution < -0.4 is 15.1 Å². The van der Waals surface area contributed by atoms with E-state index in [1.165, 1.54) is 4.90 Å². The average molecular weight is 388 g/mol. The summed E-state index contributed by atoms with van der Waals surface area (Å²) in [5, 5.41) is 1.87. The van der Waals surface area contributed by atoms with Crippen LogP contribution in [0, 0.1) is 0 Å². The van der Waals surface area contributed by atoms with E-state index in [-0.39, 0.29) is 24.1 Å². The van der Waals surface area contributed by atoms with Gasteiger partial charge in [-0.1, -0.05) is 6.92 Å². The molecule has 152 valence electrons. The van der Waals surface area contributed by atoms with Crippen molar-refractivity contribution in [3.05, 3.63) is 23.8 Å². The normalized spacial score (nSPS) is 20.5. The van der Waals surface area contributed by atoms with Crippen molar-refractivity contribution in [2.24, 2.45) is 0 Å². The van der Waals surface area contributed by atoms with Crippen LogP contribution in [0.5, 0.6) is 5.75 Å². The number of carbonyl (C=O) groups is 3. The summed E-state index contributed by atoms with van der Waals surface area (Å²) in [6, 6.07) is 5.06. The van der Waals surface area contributed by atoms with Gasteiger partial charge in [0.05, 0.1) is 5.69 Å². The van der Waals surface area contributed by atoms with Crippen LogP contribution in [0.15, 0.2) is 18.2 Å². The number of carbonyl (C=O) groups excluding carboxylic acids is 3. The summed E-state index contributed by atoms with van der Waals surface area (Å²) in [5.41, 5.74) is 3.87. The fourth-order valence-electron chi connectivity index (χ4n) is 3.39. The number of anilines is 1. The van der Waals surface area contributed by atoms with Crippen LogP contribution >= 0.6 is 0 Å². The highest BCUT2D eigenvalue weighted by molar-refractivity contribution is 6.05. The van der Waals surface area contributed by atoms with Gasteiger partial charge in [0.2, 0.25) is 0 Å². The van der Waals surface area contributed by atoms with Crippen molar-refractivity contribution in [1.29, 1.82) is 0 Å². The first-order chi connectivity index (χ1) is 13.4. The predicted octanol–water partition coefficient (Wildman–Crippen LogP) is 1.06. The maximum atomic E-state index is 12.7. The lowest BCUT2D eigenvalue weighted by atomic mass is 10.0. The Hall–Kier alpha value is -2.45. The molecule has 0 spiro atoms. The van der Waals surface area contributed by atoms with Crippen LogP contribution in [0.1, 0.15) is 37.0 Å². The minimum absolute atomic E-state index is 0.0122. The highest BCUT2D eigenvalue weighted by Gasteiger charge is 2.33. The standard InChI is InChI=1S/C20H28N4O4/c1-4-5-17(25)15-6-7-18-16(12-15)24(20(27)14(2)28-18)13-19(26)21-23-10-8-22(3)9-11-23/h6-7,12,14H,4-5,8-11,13H2,1-3H3,(H,21,26). The molecule has 0 aromatic heterocycles. The molecule has 1 aromatic carbocycles. The molecule has 0 aliphatic carbocycles. The van der Waals surface area contributed by atoms with Crippen molar-refractivity contribution in [2.75, 3.05) is 44.7 Å². The molecule has 2 heterocycles. The molecule has 0 radical (unpaired) electrons. The summed E-state index contributed by atoms with van der Waals surface area (Å²) in [6.07, 6.45) is 0.508. The molecule has 2 amide bonds. The number of ether oxygens (including phenoxy) is 1. The Kier molecular flexibility index (Phi) is 6.31. The first kappa shape index (κ1) is 20.3. The lowest BCUT2D eigenvalue weighted by molar-refractivity contribution is -0.130. The lowest BCUT2D eigenvalue weighted by Gasteiger charge is -2.35. The van der Waals surface area contributed by atoms with Crippen molar-refractivity contribution < 1.29 is 19.1 Å². The van der Waals surface area contributed by atoms with Crippen molar-refractivity contribution in [3.8, 4) is 5.75 Å². The van der Waals surface area contributed by atoms with Crippen molar-refractivity contribution in [2.45, 2.75) is 32.8 Å². The van der Waals surface area contributed by atoms with E-state index in [0.717, 1.165) is 32.6 Å². The maximum Gasteiger partial charge on any atom is 0.268 e. The second-order valence-corrected chi connectivity index (χ2v) is 7.37. The van der Waals surface area contributed by atoms with Crippen LogP contribution in [0.25, 0.3) is 0 Å². The zero-order valence-electron chi connectivity index (χ0n) is 16.7. The van der Waals surface area contributed by atoms with Crippen LogP contribution in [0.3, 0.4) is 0 Å². The SMILES string of the molecule is CCCC(=O)c1ccc2c(c1)N(CC(=O)NN1CCN(C)CC1)C(=O)C(C)O2. The van der Waals surface area contributed by atoms with Gasteiger partial charge in [-0.25, -0.2) is 5.01 Å². The summed E-state index contributed by atoms with van der Waals surface area (Å²) in [5.74, 6) is -0.0323. The van der Waals surface area contributed by atoms with Crippen LogP contribution in [0.4, 0.5) is 5.69 Å². The summed E-state index contributed by atoms with van der Waals surface area (Å²) >= 11 is 0. The third kappa shape index (κ3) is 4.51. The minimum atomic E-state index is -0.680. The Balaban J connectivity index is 1.76. The molecule has 1 fully saturated rings. The molecular formula is C20H28N4O4. The van der Waals surface area contributed by atoms with E-state index in [1.54, 1.807) is 25.1 Å². The van der Waals surface area contributed by atoms with Crippen molar-refractivity contribution in [1.82, 2.24) is 15.3 Å². The number of benzene rings is 1. The Morgan fingerprint density at radius 2 is 1.93 bits per heavy atom. The van der Waals surface area contributed by atoms with Gasteiger partial charge in [0.25, 0.3) is 11.8 Å². The number of likely N-dealkylation sites (N-methyl/N-ethyl adjacent to an activating group) is 1. The number of ketones is 1. The van der Waals surface area contributed by atoms with E-state index < -0.39 is 6.10 Å². The summed E-state index contributed by atoms with van der Waals surface area (Å²) in [6.45, 7) is 6.71. The molecule has 2 aliphatic rings. The van der Waals surface area contributed by atoms with Gasteiger partial charge in [0, 0.05) is 38.2 Å². The van der Waals surface area contributed by atoms with E-state index in [9.17, 15) is 14.4 Å². The highest BCUT2D eigenvalue weighted by Crippen LogP contribution is 2.35. The molecule has 0 saturated carbocycles. The lowest BCUT2D eigenvalue weighted by Crippen LogP contribution is -2.56. The fraction of sp³-hybridized carbons (Fsp3) is 0.550. The zero-order chi connectivity index (χ0) is 20.3. The number of rotatable bonds is 6. The first-order valence-corrected chi connectivity index (χ1v) is 9.77. The Bertz CT molecular complexity index is 759. The number of nitrogens with zero attached hydrogens (tertiary/aromatic N) is 3. The summed E-state index contributed by atoms with van der Waals surface area (Å²) in [4.78, 5) is 41.1. The second kappa shape index (κ2) is 8.70. The number of hydrogen-bond acceptors (Lipinski definition) is 6. The van der Waals surface area contributed by atoms with E-state index in [4.69, 9.17) is 4.74 Å². The first-order valence-electron chi connectivity index (χ1n) is 9.77. The molecule has 8 nitrogen and oxygen atoms in total. The molecule has 1 atom stereocenters. The molecule has 3 rings (SSSR count). The molecule has 1 saturated heterocycles. The Morgan fingerprint density at radius 1 is 1.21 bits per heavy atom. The van der Waals surface area contributed by atoms with E-state index >= 15 is 0 Å². The van der Waals surface area contributed by atoms with E-state index in [0.29, 0.717) is 23.4 Å². The summed E-state index contributed by atoms with van der Waals surface area (Å²) in [7, 11) is 2.04. The topological polar surface area (TPSA) is 82.2 Å². The molecular weight excluding hydrogens is 360 g/mol. The van der Waals surface area contributed by atoms with Gasteiger partial charge in [0.15, 0.2) is 11.9 Å². The number of nitrogens with one attached hydrogen (secondary N) is 1. The number of fused-ring (bicyclic) bond motifs is 1. The highest BCUT2D eigenvalue weighted by atomic mass is 16.5. The molecule has 1 N–H and O–H groups in total. The van der Waals surface area contributed by atoms with Gasteiger partial charge in [-0.05, 0) is 38.6 Å². The third-order valence-electron chi connectivity index (χ3n) is 5.05. The molecule has 2 aliphatic heterocycles. The maximum absolute atomic E-state index is 12.7. The Labute approximate surface area is 165 Å². The smallest absolute Gasteiger partial charge is 0.268 e. The molecule has 0 bridgehead atoms. The van der Waals surface area contributed by atoms with Gasteiger partial charge < -0.3 is 9.64 Å². The van der Waals surface area contributed by atoms with Gasteiger partial charge in [0.1, 0.15) is 12.3 Å². The molecule has 28 heavy (non-hydrogen) atoms. The predicted molar refractivity (Wildman–Crippen MR) is 105 cm³/mol. The monoisotopic (exact) mass is 388 g/mol. The fourth-order valence-corrected chi connectivity index (χ4v) is 3.39. The van der Waals surface area contributed by atoms with Crippen molar-refractivity contribution >= 4 is 23.3 Å². The largest absolute Gasteiger partial charge is 0.479 e. The average Bonchev–Trinajstić information content (AvgIpc) is 2.67. The van der Waals surface area contributed by atoms with Crippen LogP contribution in [-0.4, -0.2) is 73.4 Å². The van der Waals surface area contributed by atoms with E-state index in [1.807, 2.05) is 19.0 Å². The van der Waals surface area contributed by atoms with Crippen molar-refractivity contribution in [3.63, 3.8) is 0 Å². The van der Waals surface area contributed by atoms with Gasteiger partial charge >= 0.3 is 0 Å². The van der Waals surface area contributed by atoms with Gasteiger partial charge in [-0.15, -0.1) is 0 Å². The third-order valence-corrected chi connectivity index (χ3v) is 5.05. The quantitative estimate of drug-likeness (QED) is 0.734. The zero-order valence-corrected chi connectivity index (χ0v) is 16.7. The molecule has 1 aromatic rings. The summed E-state index contributed by atoms with van der Waals surface area (Å²) < 4.78 is 5.66.